The summed E-state index contributed by atoms with van der Waals surface area (Å²) in [6.45, 7) is -0.719. The lowest BCUT2D eigenvalue weighted by molar-refractivity contribution is -0.149. The fraction of sp³-hybridized carbons (Fsp3) is 0.143. The molecule has 3 aromatic rings. The van der Waals surface area contributed by atoms with Gasteiger partial charge in [0.05, 0.1) is 12.1 Å². The zero-order chi connectivity index (χ0) is 19.9. The van der Waals surface area contributed by atoms with E-state index in [1.54, 1.807) is 24.3 Å². The summed E-state index contributed by atoms with van der Waals surface area (Å²) in [5, 5.41) is 5.03. The van der Waals surface area contributed by atoms with Gasteiger partial charge in [-0.25, -0.2) is 4.79 Å². The molecule has 28 heavy (non-hydrogen) atoms. The van der Waals surface area contributed by atoms with Crippen LogP contribution in [0.4, 0.5) is 5.69 Å². The number of benzene rings is 3. The fourth-order valence-electron chi connectivity index (χ4n) is 2.53. The molecule has 0 aromatic heterocycles. The van der Waals surface area contributed by atoms with E-state index in [9.17, 15) is 9.59 Å². The Balaban J connectivity index is 1.45. The van der Waals surface area contributed by atoms with Gasteiger partial charge in [0.15, 0.2) is 13.2 Å². The molecule has 3 rings (SSSR count). The Morgan fingerprint density at radius 1 is 0.964 bits per heavy atom. The van der Waals surface area contributed by atoms with Crippen molar-refractivity contribution in [2.75, 3.05) is 25.6 Å². The van der Waals surface area contributed by atoms with Crippen LogP contribution in [0.2, 0.25) is 5.02 Å². The van der Waals surface area contributed by atoms with Crippen LogP contribution >= 0.6 is 11.6 Å². The van der Waals surface area contributed by atoms with Crippen LogP contribution in [0.25, 0.3) is 10.8 Å². The van der Waals surface area contributed by atoms with Crippen molar-refractivity contribution in [1.29, 1.82) is 0 Å². The van der Waals surface area contributed by atoms with E-state index in [1.807, 2.05) is 36.4 Å². The third-order valence-electron chi connectivity index (χ3n) is 3.88. The van der Waals surface area contributed by atoms with Crippen molar-refractivity contribution in [2.45, 2.75) is 0 Å². The Labute approximate surface area is 167 Å². The molecule has 0 radical (unpaired) electrons. The van der Waals surface area contributed by atoms with Crippen LogP contribution in [0, 0.1) is 0 Å². The van der Waals surface area contributed by atoms with Crippen LogP contribution < -0.4 is 14.8 Å². The second kappa shape index (κ2) is 9.10. The lowest BCUT2D eigenvalue weighted by Crippen LogP contribution is -2.23. The van der Waals surface area contributed by atoms with Gasteiger partial charge < -0.3 is 19.5 Å². The van der Waals surface area contributed by atoms with Gasteiger partial charge in [0.25, 0.3) is 5.91 Å². The summed E-state index contributed by atoms with van der Waals surface area (Å²) in [5.41, 5.74) is 0.472. The molecule has 0 spiro atoms. The number of fused-ring (bicyclic) bond motifs is 1. The predicted octanol–water partition coefficient (Wildman–Crippen LogP) is 4.06. The largest absolute Gasteiger partial charge is 0.495 e. The molecule has 0 saturated carbocycles. The SMILES string of the molecule is COc1ccc(NC(=O)COC(=O)COc2ccc3ccccc3c2)cc1Cl. The van der Waals surface area contributed by atoms with Crippen molar-refractivity contribution in [3.05, 3.63) is 65.7 Å². The van der Waals surface area contributed by atoms with Crippen LogP contribution in [0.15, 0.2) is 60.7 Å². The van der Waals surface area contributed by atoms with Crippen LogP contribution in [-0.4, -0.2) is 32.2 Å². The van der Waals surface area contributed by atoms with Gasteiger partial charge in [-0.1, -0.05) is 41.9 Å². The van der Waals surface area contributed by atoms with Crippen LogP contribution in [-0.2, 0) is 14.3 Å². The van der Waals surface area contributed by atoms with Crippen molar-refractivity contribution in [3.8, 4) is 11.5 Å². The second-order valence-electron chi connectivity index (χ2n) is 5.86. The first-order chi connectivity index (χ1) is 13.5. The Hall–Kier alpha value is -3.25. The Bertz CT molecular complexity index is 1010. The van der Waals surface area contributed by atoms with Gasteiger partial charge >= 0.3 is 5.97 Å². The van der Waals surface area contributed by atoms with E-state index in [-0.39, 0.29) is 6.61 Å². The number of anilines is 1. The molecule has 0 saturated heterocycles. The highest BCUT2D eigenvalue weighted by Gasteiger charge is 2.10. The highest BCUT2D eigenvalue weighted by atomic mass is 35.5. The summed E-state index contributed by atoms with van der Waals surface area (Å²) in [4.78, 5) is 23.7. The molecule has 0 aliphatic heterocycles. The normalized spacial score (nSPS) is 10.4. The molecule has 7 heteroatoms. The summed E-state index contributed by atoms with van der Waals surface area (Å²) in [6.07, 6.45) is 0. The third-order valence-corrected chi connectivity index (χ3v) is 4.17. The molecular formula is C21H18ClNO5. The van der Waals surface area contributed by atoms with Crippen LogP contribution in [0.3, 0.4) is 0 Å². The van der Waals surface area contributed by atoms with Gasteiger partial charge in [-0.15, -0.1) is 0 Å². The minimum absolute atomic E-state index is 0.292. The molecule has 1 N–H and O–H groups in total. The third kappa shape index (κ3) is 5.14. The quantitative estimate of drug-likeness (QED) is 0.606. The van der Waals surface area contributed by atoms with E-state index in [4.69, 9.17) is 25.8 Å². The van der Waals surface area contributed by atoms with E-state index in [0.717, 1.165) is 10.8 Å². The lowest BCUT2D eigenvalue weighted by atomic mass is 10.1. The lowest BCUT2D eigenvalue weighted by Gasteiger charge is -2.09. The zero-order valence-corrected chi connectivity index (χ0v) is 15.9. The first-order valence-corrected chi connectivity index (χ1v) is 8.83. The van der Waals surface area contributed by atoms with E-state index < -0.39 is 18.5 Å². The number of carbonyl (C=O) groups is 2. The smallest absolute Gasteiger partial charge is 0.344 e. The number of carbonyl (C=O) groups excluding carboxylic acids is 2. The number of hydrogen-bond donors (Lipinski definition) is 1. The van der Waals surface area contributed by atoms with E-state index >= 15 is 0 Å². The zero-order valence-electron chi connectivity index (χ0n) is 15.1. The maximum Gasteiger partial charge on any atom is 0.344 e. The summed E-state index contributed by atoms with van der Waals surface area (Å²) in [6, 6.07) is 18.1. The molecule has 0 aliphatic rings. The molecule has 0 unspecified atom stereocenters. The number of esters is 1. The first-order valence-electron chi connectivity index (χ1n) is 8.46. The highest BCUT2D eigenvalue weighted by molar-refractivity contribution is 6.32. The van der Waals surface area contributed by atoms with Gasteiger partial charge in [0, 0.05) is 5.69 Å². The number of halogens is 1. The first kappa shape index (κ1) is 19.5. The van der Waals surface area contributed by atoms with Crippen molar-refractivity contribution in [2.24, 2.45) is 0 Å². The van der Waals surface area contributed by atoms with Crippen molar-refractivity contribution < 1.29 is 23.8 Å². The molecule has 0 fully saturated rings. The van der Waals surface area contributed by atoms with Gasteiger partial charge in [-0.05, 0) is 41.1 Å². The van der Waals surface area contributed by atoms with E-state index in [2.05, 4.69) is 5.32 Å². The molecule has 0 bridgehead atoms. The van der Waals surface area contributed by atoms with Crippen molar-refractivity contribution in [1.82, 2.24) is 0 Å². The van der Waals surface area contributed by atoms with E-state index in [1.165, 1.54) is 7.11 Å². The van der Waals surface area contributed by atoms with Gasteiger partial charge in [0.2, 0.25) is 0 Å². The minimum Gasteiger partial charge on any atom is -0.495 e. The summed E-state index contributed by atoms with van der Waals surface area (Å²) >= 11 is 6.00. The van der Waals surface area contributed by atoms with Gasteiger partial charge in [-0.3, -0.25) is 4.79 Å². The summed E-state index contributed by atoms with van der Waals surface area (Å²) in [7, 11) is 1.50. The Kier molecular flexibility index (Phi) is 6.34. The van der Waals surface area contributed by atoms with Crippen LogP contribution in [0.1, 0.15) is 0 Å². The summed E-state index contributed by atoms with van der Waals surface area (Å²) in [5.74, 6) is -0.0822. The molecule has 1 amide bonds. The molecule has 0 heterocycles. The number of rotatable bonds is 7. The monoisotopic (exact) mass is 399 g/mol. The maximum atomic E-state index is 11.9. The average molecular weight is 400 g/mol. The number of amides is 1. The number of ether oxygens (including phenoxy) is 3. The predicted molar refractivity (Wildman–Crippen MR) is 107 cm³/mol. The highest BCUT2D eigenvalue weighted by Crippen LogP contribution is 2.27. The van der Waals surface area contributed by atoms with Gasteiger partial charge in [0.1, 0.15) is 11.5 Å². The Morgan fingerprint density at radius 2 is 1.75 bits per heavy atom. The summed E-state index contributed by atoms with van der Waals surface area (Å²) < 4.78 is 15.4. The van der Waals surface area contributed by atoms with E-state index in [0.29, 0.717) is 22.2 Å². The van der Waals surface area contributed by atoms with Crippen molar-refractivity contribution in [3.63, 3.8) is 0 Å². The molecule has 0 aliphatic carbocycles. The second-order valence-corrected chi connectivity index (χ2v) is 6.26. The maximum absolute atomic E-state index is 11.9. The average Bonchev–Trinajstić information content (AvgIpc) is 2.70. The molecule has 144 valence electrons. The molecule has 3 aromatic carbocycles. The number of hydrogen-bond acceptors (Lipinski definition) is 5. The number of methoxy groups -OCH3 is 1. The van der Waals surface area contributed by atoms with Gasteiger partial charge in [-0.2, -0.15) is 0 Å². The molecule has 6 nitrogen and oxygen atoms in total. The fourth-order valence-corrected chi connectivity index (χ4v) is 2.79. The van der Waals surface area contributed by atoms with Crippen molar-refractivity contribution >= 4 is 39.9 Å². The standard InChI is InChI=1S/C21H18ClNO5/c1-26-19-9-7-16(11-18(19)22)23-20(24)12-28-21(25)13-27-17-8-6-14-4-2-3-5-15(14)10-17/h2-11H,12-13H2,1H3,(H,23,24). The topological polar surface area (TPSA) is 73.9 Å². The minimum atomic E-state index is -0.643. The number of nitrogens with one attached hydrogen (secondary N) is 1. The Morgan fingerprint density at radius 3 is 2.50 bits per heavy atom. The molecule has 0 atom stereocenters. The van der Waals surface area contributed by atoms with Crippen LogP contribution in [0.5, 0.6) is 11.5 Å². The molecular weight excluding hydrogens is 382 g/mol.